The number of anilines is 2. The number of pyridine rings is 1. The largest absolute Gasteiger partial charge is 0.443 e. The van der Waals surface area contributed by atoms with Crippen LogP contribution in [0.25, 0.3) is 0 Å². The van der Waals surface area contributed by atoms with Gasteiger partial charge in [-0.1, -0.05) is 17.7 Å². The number of carbonyl (C=O) groups excluding carboxylic acids is 2. The number of nitrogens with zero attached hydrogens (tertiary/aromatic N) is 3. The molecule has 1 aromatic heterocycles. The van der Waals surface area contributed by atoms with Gasteiger partial charge in [-0.05, 0) is 72.0 Å². The minimum Gasteiger partial charge on any atom is -0.443 e. The summed E-state index contributed by atoms with van der Waals surface area (Å²) in [5.74, 6) is 0.168. The zero-order valence-corrected chi connectivity index (χ0v) is 21.2. The lowest BCUT2D eigenvalue weighted by Crippen LogP contribution is -2.37. The maximum atomic E-state index is 13.0. The smallest absolute Gasteiger partial charge is 0.417 e. The molecule has 0 bridgehead atoms. The van der Waals surface area contributed by atoms with Crippen molar-refractivity contribution in [1.82, 2.24) is 14.8 Å². The van der Waals surface area contributed by atoms with E-state index in [1.165, 1.54) is 12.8 Å². The Morgan fingerprint density at radius 1 is 1.21 bits per heavy atom. The van der Waals surface area contributed by atoms with Crippen LogP contribution in [0.3, 0.4) is 0 Å². The number of nitrogens with one attached hydrogen (secondary N) is 1. The van der Waals surface area contributed by atoms with Crippen molar-refractivity contribution in [3.63, 3.8) is 0 Å². The van der Waals surface area contributed by atoms with Crippen molar-refractivity contribution in [3.05, 3.63) is 52.2 Å². The van der Waals surface area contributed by atoms with Crippen molar-refractivity contribution < 1.29 is 19.1 Å². The summed E-state index contributed by atoms with van der Waals surface area (Å²) < 4.78 is 10.3. The number of fused-ring (bicyclic) bond motifs is 1. The topological polar surface area (TPSA) is 84.0 Å². The standard InChI is InChI=1S/C21H25ClN4O3.C4H8O/c1-21(2,3)29-20(28)26-12-14-15(22)9-10-16(18(14)19(26)27)24-17-8-6-7-13(23-17)11-25(4)5;1-2-4-5-3-1/h6-10H,11-12H2,1-5H3,(H,23,24);1-4H2. The molecule has 0 saturated carbocycles. The highest BCUT2D eigenvalue weighted by molar-refractivity contribution is 6.32. The summed E-state index contributed by atoms with van der Waals surface area (Å²) >= 11 is 6.32. The molecule has 9 heteroatoms. The molecular formula is C25H33ClN4O4. The SMILES string of the molecule is C1CCOC1.CN(C)Cc1cccc(Nc2ccc(Cl)c3c2C(=O)N(C(=O)OC(C)(C)C)C3)n1. The summed E-state index contributed by atoms with van der Waals surface area (Å²) in [6.45, 7) is 8.03. The van der Waals surface area contributed by atoms with Crippen molar-refractivity contribution in [3.8, 4) is 0 Å². The maximum absolute atomic E-state index is 13.0. The molecule has 1 aromatic carbocycles. The number of imide groups is 1. The predicted octanol–water partition coefficient (Wildman–Crippen LogP) is 5.23. The molecule has 0 atom stereocenters. The Hall–Kier alpha value is -2.68. The fourth-order valence-electron chi connectivity index (χ4n) is 3.56. The van der Waals surface area contributed by atoms with E-state index >= 15 is 0 Å². The first-order chi connectivity index (χ1) is 16.0. The fourth-order valence-corrected chi connectivity index (χ4v) is 3.78. The van der Waals surface area contributed by atoms with Gasteiger partial charge in [-0.2, -0.15) is 0 Å². The molecule has 34 heavy (non-hydrogen) atoms. The van der Waals surface area contributed by atoms with Crippen LogP contribution >= 0.6 is 11.6 Å². The Morgan fingerprint density at radius 3 is 2.50 bits per heavy atom. The van der Waals surface area contributed by atoms with Gasteiger partial charge in [0, 0.05) is 30.3 Å². The Bertz CT molecular complexity index is 1020. The van der Waals surface area contributed by atoms with E-state index in [1.54, 1.807) is 32.9 Å². The van der Waals surface area contributed by atoms with Crippen molar-refractivity contribution in [2.45, 2.75) is 52.3 Å². The van der Waals surface area contributed by atoms with Crippen LogP contribution in [0.4, 0.5) is 16.3 Å². The second-order valence-corrected chi connectivity index (χ2v) is 9.92. The lowest BCUT2D eigenvalue weighted by atomic mass is 10.1. The molecule has 2 aromatic rings. The van der Waals surface area contributed by atoms with Gasteiger partial charge in [-0.3, -0.25) is 4.79 Å². The first-order valence-electron chi connectivity index (χ1n) is 11.4. The van der Waals surface area contributed by atoms with E-state index in [-0.39, 0.29) is 6.54 Å². The van der Waals surface area contributed by atoms with Crippen LogP contribution < -0.4 is 5.32 Å². The molecule has 184 valence electrons. The Balaban J connectivity index is 0.000000574. The van der Waals surface area contributed by atoms with E-state index in [2.05, 4.69) is 10.3 Å². The Morgan fingerprint density at radius 2 is 1.91 bits per heavy atom. The van der Waals surface area contributed by atoms with Crippen molar-refractivity contribution in [2.24, 2.45) is 0 Å². The fraction of sp³-hybridized carbons (Fsp3) is 0.480. The van der Waals surface area contributed by atoms with Crippen LogP contribution in [0.2, 0.25) is 5.02 Å². The van der Waals surface area contributed by atoms with Gasteiger partial charge in [0.1, 0.15) is 11.4 Å². The van der Waals surface area contributed by atoms with E-state index in [9.17, 15) is 9.59 Å². The number of halogens is 1. The van der Waals surface area contributed by atoms with E-state index in [4.69, 9.17) is 21.1 Å². The number of amides is 2. The van der Waals surface area contributed by atoms with Crippen molar-refractivity contribution >= 4 is 35.1 Å². The number of ether oxygens (including phenoxy) is 2. The third kappa shape index (κ3) is 6.91. The Kier molecular flexibility index (Phi) is 8.52. The number of hydrogen-bond acceptors (Lipinski definition) is 7. The average molecular weight is 489 g/mol. The van der Waals surface area contributed by atoms with Gasteiger partial charge < -0.3 is 19.7 Å². The maximum Gasteiger partial charge on any atom is 0.417 e. The van der Waals surface area contributed by atoms with Crippen LogP contribution in [0, 0.1) is 0 Å². The van der Waals surface area contributed by atoms with Gasteiger partial charge >= 0.3 is 6.09 Å². The number of benzene rings is 1. The highest BCUT2D eigenvalue weighted by Crippen LogP contribution is 2.36. The molecule has 2 amide bonds. The molecule has 0 aliphatic carbocycles. The summed E-state index contributed by atoms with van der Waals surface area (Å²) in [6.07, 6.45) is 1.87. The number of rotatable bonds is 4. The van der Waals surface area contributed by atoms with Crippen LogP contribution in [-0.2, 0) is 22.6 Å². The lowest BCUT2D eigenvalue weighted by Gasteiger charge is -2.23. The Labute approximate surface area is 206 Å². The molecule has 1 N–H and O–H groups in total. The number of hydrogen-bond donors (Lipinski definition) is 1. The molecule has 1 saturated heterocycles. The summed E-state index contributed by atoms with van der Waals surface area (Å²) in [7, 11) is 3.94. The highest BCUT2D eigenvalue weighted by Gasteiger charge is 2.38. The van der Waals surface area contributed by atoms with E-state index in [1.807, 2.05) is 37.2 Å². The molecule has 8 nitrogen and oxygen atoms in total. The molecule has 3 heterocycles. The van der Waals surface area contributed by atoms with Crippen molar-refractivity contribution in [1.29, 1.82) is 0 Å². The second kappa shape index (κ2) is 11.2. The minimum absolute atomic E-state index is 0.0749. The molecule has 1 fully saturated rings. The molecular weight excluding hydrogens is 456 g/mol. The first kappa shape index (κ1) is 25.9. The molecule has 0 unspecified atom stereocenters. The zero-order chi connectivity index (χ0) is 24.9. The number of aromatic nitrogens is 1. The molecule has 0 radical (unpaired) electrons. The molecule has 2 aliphatic heterocycles. The van der Waals surface area contributed by atoms with E-state index in [0.717, 1.165) is 23.8 Å². The van der Waals surface area contributed by atoms with Gasteiger partial charge in [0.05, 0.1) is 23.5 Å². The summed E-state index contributed by atoms with van der Waals surface area (Å²) in [4.78, 5) is 33.1. The highest BCUT2D eigenvalue weighted by atomic mass is 35.5. The summed E-state index contributed by atoms with van der Waals surface area (Å²) in [5, 5.41) is 3.63. The lowest BCUT2D eigenvalue weighted by molar-refractivity contribution is 0.0248. The van der Waals surface area contributed by atoms with Crippen LogP contribution in [-0.4, -0.2) is 59.7 Å². The van der Waals surface area contributed by atoms with E-state index < -0.39 is 17.6 Å². The first-order valence-corrected chi connectivity index (χ1v) is 11.7. The average Bonchev–Trinajstić information content (AvgIpc) is 3.41. The quantitative estimate of drug-likeness (QED) is 0.630. The third-order valence-electron chi connectivity index (χ3n) is 5.02. The van der Waals surface area contributed by atoms with Gasteiger partial charge in [0.25, 0.3) is 5.91 Å². The molecule has 4 rings (SSSR count). The molecule has 0 spiro atoms. The van der Waals surface area contributed by atoms with Crippen LogP contribution in [0.15, 0.2) is 30.3 Å². The van der Waals surface area contributed by atoms with E-state index in [0.29, 0.717) is 34.2 Å². The van der Waals surface area contributed by atoms with Gasteiger partial charge in [-0.25, -0.2) is 14.7 Å². The summed E-state index contributed by atoms with van der Waals surface area (Å²) in [5.41, 5.74) is 1.70. The molecule has 2 aliphatic rings. The van der Waals surface area contributed by atoms with Crippen LogP contribution in [0.5, 0.6) is 0 Å². The monoisotopic (exact) mass is 488 g/mol. The predicted molar refractivity (Wildman–Crippen MR) is 133 cm³/mol. The number of carbonyl (C=O) groups is 2. The second-order valence-electron chi connectivity index (χ2n) is 9.52. The van der Waals surface area contributed by atoms with Crippen LogP contribution in [0.1, 0.15) is 55.2 Å². The zero-order valence-electron chi connectivity index (χ0n) is 20.5. The van der Waals surface area contributed by atoms with Gasteiger partial charge in [-0.15, -0.1) is 0 Å². The normalized spacial score (nSPS) is 15.1. The van der Waals surface area contributed by atoms with Gasteiger partial charge in [0.2, 0.25) is 0 Å². The van der Waals surface area contributed by atoms with Gasteiger partial charge in [0.15, 0.2) is 0 Å². The minimum atomic E-state index is -0.701. The van der Waals surface area contributed by atoms with Crippen molar-refractivity contribution in [2.75, 3.05) is 32.6 Å². The summed E-state index contributed by atoms with van der Waals surface area (Å²) in [6, 6.07) is 9.09. The third-order valence-corrected chi connectivity index (χ3v) is 5.37.